The largest absolute Gasteiger partial charge is 0.308 e. The summed E-state index contributed by atoms with van der Waals surface area (Å²) >= 11 is 0. The fourth-order valence-electron chi connectivity index (χ4n) is 5.86. The lowest BCUT2D eigenvalue weighted by molar-refractivity contribution is 1.14. The Morgan fingerprint density at radius 3 is 1.70 bits per heavy atom. The van der Waals surface area contributed by atoms with Crippen molar-refractivity contribution >= 4 is 54.1 Å². The van der Waals surface area contributed by atoms with Gasteiger partial charge in [-0.1, -0.05) is 66.7 Å². The Balaban J connectivity index is 1.48. The van der Waals surface area contributed by atoms with Crippen molar-refractivity contribution in [2.75, 3.05) is 0 Å². The number of nitrogens with zero attached hydrogens (tertiary/aromatic N) is 3. The van der Waals surface area contributed by atoms with Gasteiger partial charge in [-0.15, -0.1) is 0 Å². The van der Waals surface area contributed by atoms with Crippen LogP contribution >= 0.6 is 0 Å². The molecule has 0 atom stereocenters. The number of pyridine rings is 2. The van der Waals surface area contributed by atoms with E-state index < -0.39 is 0 Å². The number of hydrogen-bond acceptors (Lipinski definition) is 2. The molecular formula is C34H21N3. The lowest BCUT2D eigenvalue weighted by Gasteiger charge is -2.12. The molecular weight excluding hydrogens is 450 g/mol. The van der Waals surface area contributed by atoms with E-state index in [9.17, 15) is 0 Å². The van der Waals surface area contributed by atoms with E-state index in [4.69, 9.17) is 4.98 Å². The number of fused-ring (bicyclic) bond motifs is 9. The van der Waals surface area contributed by atoms with Crippen molar-refractivity contribution in [1.29, 1.82) is 0 Å². The second-order valence-corrected chi connectivity index (χ2v) is 9.50. The van der Waals surface area contributed by atoms with E-state index in [1.807, 2.05) is 18.3 Å². The summed E-state index contributed by atoms with van der Waals surface area (Å²) in [5.74, 6) is 0. The molecule has 3 nitrogen and oxygen atoms in total. The molecule has 0 fully saturated rings. The Morgan fingerprint density at radius 1 is 0.459 bits per heavy atom. The van der Waals surface area contributed by atoms with Crippen molar-refractivity contribution in [3.8, 4) is 16.9 Å². The molecule has 0 aliphatic rings. The smallest absolute Gasteiger partial charge is 0.0704 e. The van der Waals surface area contributed by atoms with Gasteiger partial charge < -0.3 is 4.57 Å². The molecule has 5 aromatic carbocycles. The topological polar surface area (TPSA) is 30.7 Å². The number of para-hydroxylation sites is 1. The SMILES string of the molecule is c1ccc2c(c1)c1ccccc1c1cc3c(cc21)c1ccccc1n3-c1ccc(-c2ccncc2)nc1. The lowest BCUT2D eigenvalue weighted by atomic mass is 9.93. The molecule has 0 aliphatic heterocycles. The number of hydrogen-bond donors (Lipinski definition) is 0. The predicted molar refractivity (Wildman–Crippen MR) is 154 cm³/mol. The van der Waals surface area contributed by atoms with Crippen LogP contribution in [0.3, 0.4) is 0 Å². The monoisotopic (exact) mass is 471 g/mol. The third kappa shape index (κ3) is 2.95. The van der Waals surface area contributed by atoms with E-state index in [2.05, 4.69) is 107 Å². The first-order valence-corrected chi connectivity index (χ1v) is 12.5. The summed E-state index contributed by atoms with van der Waals surface area (Å²) in [5, 5.41) is 10.2. The highest BCUT2D eigenvalue weighted by Gasteiger charge is 2.16. The Morgan fingerprint density at radius 2 is 1.05 bits per heavy atom. The minimum absolute atomic E-state index is 0.940. The van der Waals surface area contributed by atoms with Gasteiger partial charge in [0.15, 0.2) is 0 Å². The van der Waals surface area contributed by atoms with E-state index >= 15 is 0 Å². The van der Waals surface area contributed by atoms with Crippen LogP contribution < -0.4 is 0 Å². The lowest BCUT2D eigenvalue weighted by Crippen LogP contribution is -1.95. The minimum atomic E-state index is 0.940. The molecule has 37 heavy (non-hydrogen) atoms. The van der Waals surface area contributed by atoms with Crippen molar-refractivity contribution in [3.05, 3.63) is 128 Å². The first-order chi connectivity index (χ1) is 18.4. The van der Waals surface area contributed by atoms with Gasteiger partial charge in [0.05, 0.1) is 28.6 Å². The van der Waals surface area contributed by atoms with Crippen LogP contribution in [0.15, 0.2) is 128 Å². The maximum Gasteiger partial charge on any atom is 0.0704 e. The molecule has 0 radical (unpaired) electrons. The molecule has 0 aliphatic carbocycles. The molecule has 0 saturated heterocycles. The summed E-state index contributed by atoms with van der Waals surface area (Å²) < 4.78 is 2.34. The molecule has 8 aromatic rings. The average molecular weight is 472 g/mol. The first-order valence-electron chi connectivity index (χ1n) is 12.5. The molecule has 3 heterocycles. The summed E-state index contributed by atoms with van der Waals surface area (Å²) in [6, 6.07) is 39.2. The highest BCUT2D eigenvalue weighted by molar-refractivity contribution is 6.28. The zero-order valence-electron chi connectivity index (χ0n) is 20.0. The molecule has 0 amide bonds. The van der Waals surface area contributed by atoms with Gasteiger partial charge in [0.1, 0.15) is 0 Å². The first kappa shape index (κ1) is 20.2. The van der Waals surface area contributed by atoms with E-state index in [-0.39, 0.29) is 0 Å². The summed E-state index contributed by atoms with van der Waals surface area (Å²) in [7, 11) is 0. The molecule has 0 spiro atoms. The molecule has 3 aromatic heterocycles. The molecule has 0 bridgehead atoms. The van der Waals surface area contributed by atoms with Crippen LogP contribution in [0.2, 0.25) is 0 Å². The highest BCUT2D eigenvalue weighted by atomic mass is 15.0. The zero-order valence-corrected chi connectivity index (χ0v) is 20.0. The van der Waals surface area contributed by atoms with Gasteiger partial charge in [-0.05, 0) is 74.8 Å². The van der Waals surface area contributed by atoms with Crippen LogP contribution in [-0.4, -0.2) is 14.5 Å². The minimum Gasteiger partial charge on any atom is -0.308 e. The van der Waals surface area contributed by atoms with Crippen LogP contribution in [0.25, 0.3) is 71.1 Å². The van der Waals surface area contributed by atoms with Crippen molar-refractivity contribution in [1.82, 2.24) is 14.5 Å². The quantitative estimate of drug-likeness (QED) is 0.236. The van der Waals surface area contributed by atoms with Crippen LogP contribution in [0.4, 0.5) is 0 Å². The predicted octanol–water partition coefficient (Wildman–Crippen LogP) is 8.70. The average Bonchev–Trinajstić information content (AvgIpc) is 3.30. The van der Waals surface area contributed by atoms with Gasteiger partial charge in [-0.3, -0.25) is 9.97 Å². The summed E-state index contributed by atoms with van der Waals surface area (Å²) in [5.41, 5.74) is 5.42. The highest BCUT2D eigenvalue weighted by Crippen LogP contribution is 2.40. The van der Waals surface area contributed by atoms with E-state index in [1.54, 1.807) is 12.4 Å². The zero-order chi connectivity index (χ0) is 24.3. The van der Waals surface area contributed by atoms with Gasteiger partial charge in [0.2, 0.25) is 0 Å². The van der Waals surface area contributed by atoms with Crippen molar-refractivity contribution in [2.24, 2.45) is 0 Å². The van der Waals surface area contributed by atoms with Gasteiger partial charge in [0, 0.05) is 28.7 Å². The fraction of sp³-hybridized carbons (Fsp3) is 0. The molecule has 3 heteroatoms. The van der Waals surface area contributed by atoms with Crippen LogP contribution in [0.1, 0.15) is 0 Å². The summed E-state index contributed by atoms with van der Waals surface area (Å²) in [6.45, 7) is 0. The van der Waals surface area contributed by atoms with Crippen molar-refractivity contribution < 1.29 is 0 Å². The van der Waals surface area contributed by atoms with Crippen molar-refractivity contribution in [3.63, 3.8) is 0 Å². The molecule has 0 unspecified atom stereocenters. The van der Waals surface area contributed by atoms with E-state index in [0.29, 0.717) is 0 Å². The Bertz CT molecular complexity index is 2120. The van der Waals surface area contributed by atoms with Gasteiger partial charge in [-0.25, -0.2) is 0 Å². The van der Waals surface area contributed by atoms with Crippen LogP contribution in [-0.2, 0) is 0 Å². The normalized spacial score (nSPS) is 11.8. The van der Waals surface area contributed by atoms with Gasteiger partial charge in [0.25, 0.3) is 0 Å². The summed E-state index contributed by atoms with van der Waals surface area (Å²) in [4.78, 5) is 8.95. The Labute approximate surface area is 213 Å². The second-order valence-electron chi connectivity index (χ2n) is 9.50. The Kier molecular flexibility index (Phi) is 4.23. The van der Waals surface area contributed by atoms with Crippen LogP contribution in [0, 0.1) is 0 Å². The number of aromatic nitrogens is 3. The molecule has 172 valence electrons. The third-order valence-electron chi connectivity index (χ3n) is 7.52. The van der Waals surface area contributed by atoms with Crippen LogP contribution in [0.5, 0.6) is 0 Å². The van der Waals surface area contributed by atoms with Crippen molar-refractivity contribution in [2.45, 2.75) is 0 Å². The Hall–Kier alpha value is -5.02. The number of rotatable bonds is 2. The molecule has 0 saturated carbocycles. The maximum atomic E-state index is 4.82. The van der Waals surface area contributed by atoms with E-state index in [1.165, 1.54) is 54.1 Å². The maximum absolute atomic E-state index is 4.82. The second kappa shape index (κ2) is 7.74. The van der Waals surface area contributed by atoms with Gasteiger partial charge >= 0.3 is 0 Å². The van der Waals surface area contributed by atoms with Gasteiger partial charge in [-0.2, -0.15) is 0 Å². The molecule has 0 N–H and O–H groups in total. The summed E-state index contributed by atoms with van der Waals surface area (Å²) in [6.07, 6.45) is 5.58. The fourth-order valence-corrected chi connectivity index (χ4v) is 5.86. The van der Waals surface area contributed by atoms with E-state index in [0.717, 1.165) is 16.9 Å². The number of benzene rings is 5. The standard InChI is InChI=1S/C34H21N3/c1-3-9-26-24(7-1)25-8-2-4-10-27(25)30-20-34-31(19-29(26)30)28-11-5-6-12-33(28)37(34)23-13-14-32(36-21-23)22-15-17-35-18-16-22/h1-21H. The third-order valence-corrected chi connectivity index (χ3v) is 7.52. The molecule has 8 rings (SSSR count).